The third kappa shape index (κ3) is 7.02. The Kier molecular flexibility index (Phi) is 7.55. The maximum Gasteiger partial charge on any atom is 0.283 e. The van der Waals surface area contributed by atoms with E-state index in [9.17, 15) is 18.5 Å². The molecule has 0 aromatic heterocycles. The monoisotopic (exact) mass is 408 g/mol. The molecule has 0 saturated heterocycles. The van der Waals surface area contributed by atoms with E-state index < -0.39 is 20.9 Å². The first-order valence-electron chi connectivity index (χ1n) is 8.34. The molecule has 0 aliphatic heterocycles. The Morgan fingerprint density at radius 1 is 1.18 bits per heavy atom. The zero-order chi connectivity index (χ0) is 20.6. The molecule has 0 saturated carbocycles. The number of nitrogens with one attached hydrogen (secondary N) is 1. The number of rotatable bonds is 10. The van der Waals surface area contributed by atoms with Gasteiger partial charge in [-0.2, -0.15) is 18.6 Å². The van der Waals surface area contributed by atoms with Crippen LogP contribution in [-0.2, 0) is 21.5 Å². The van der Waals surface area contributed by atoms with Crippen LogP contribution in [0.25, 0.3) is 0 Å². The Morgan fingerprint density at radius 2 is 1.89 bits per heavy atom. The van der Waals surface area contributed by atoms with Crippen LogP contribution in [0.15, 0.2) is 52.7 Å². The van der Waals surface area contributed by atoms with E-state index in [4.69, 9.17) is 9.29 Å². The van der Waals surface area contributed by atoms with E-state index in [1.165, 1.54) is 24.3 Å². The molecule has 11 heteroatoms. The standard InChI is InChI=1S/C17H20N4O6S/c1-2-9-27-11-13-10-15(18-12-28(24,25)26)5-8-17(13)20-19-14-3-6-16(7-4-14)21(22)23/h3-8,10,18H,2,9,11-12H2,1H3,(H,24,25,26). The molecule has 150 valence electrons. The van der Waals surface area contributed by atoms with Crippen molar-refractivity contribution in [2.75, 3.05) is 17.8 Å². The molecule has 0 unspecified atom stereocenters. The average Bonchev–Trinajstić information content (AvgIpc) is 2.65. The van der Waals surface area contributed by atoms with Crippen molar-refractivity contribution >= 4 is 32.9 Å². The molecule has 0 fully saturated rings. The fraction of sp³-hybridized carbons (Fsp3) is 0.294. The van der Waals surface area contributed by atoms with E-state index in [1.807, 2.05) is 6.92 Å². The van der Waals surface area contributed by atoms with Gasteiger partial charge in [0.2, 0.25) is 0 Å². The van der Waals surface area contributed by atoms with Crippen LogP contribution in [-0.4, -0.2) is 30.4 Å². The Hall–Kier alpha value is -2.89. The fourth-order valence-electron chi connectivity index (χ4n) is 2.16. The molecule has 0 heterocycles. The Balaban J connectivity index is 2.21. The lowest BCUT2D eigenvalue weighted by Crippen LogP contribution is -2.13. The van der Waals surface area contributed by atoms with Crippen molar-refractivity contribution in [1.82, 2.24) is 0 Å². The van der Waals surface area contributed by atoms with Gasteiger partial charge in [-0.15, -0.1) is 0 Å². The minimum Gasteiger partial charge on any atom is -0.377 e. The van der Waals surface area contributed by atoms with E-state index in [0.717, 1.165) is 6.42 Å². The molecule has 28 heavy (non-hydrogen) atoms. The van der Waals surface area contributed by atoms with Gasteiger partial charge in [0.1, 0.15) is 5.88 Å². The third-order valence-electron chi connectivity index (χ3n) is 3.48. The van der Waals surface area contributed by atoms with Crippen LogP contribution in [0.1, 0.15) is 18.9 Å². The largest absolute Gasteiger partial charge is 0.377 e. The van der Waals surface area contributed by atoms with E-state index in [2.05, 4.69) is 15.5 Å². The zero-order valence-electron chi connectivity index (χ0n) is 15.1. The van der Waals surface area contributed by atoms with Crippen molar-refractivity contribution in [3.8, 4) is 0 Å². The van der Waals surface area contributed by atoms with Crippen LogP contribution in [0.5, 0.6) is 0 Å². The molecule has 2 rings (SSSR count). The number of hydrogen-bond acceptors (Lipinski definition) is 8. The summed E-state index contributed by atoms with van der Waals surface area (Å²) < 4.78 is 36.2. The highest BCUT2D eigenvalue weighted by atomic mass is 32.2. The SMILES string of the molecule is CCCOCc1cc(NCS(=O)(=O)O)ccc1N=Nc1ccc([N+](=O)[O-])cc1. The average molecular weight is 408 g/mol. The van der Waals surface area contributed by atoms with E-state index in [0.29, 0.717) is 29.2 Å². The molecule has 0 aliphatic rings. The number of hydrogen-bond donors (Lipinski definition) is 2. The molecule has 0 bridgehead atoms. The highest BCUT2D eigenvalue weighted by Gasteiger charge is 2.08. The molecule has 0 atom stereocenters. The van der Waals surface area contributed by atoms with E-state index in [1.54, 1.807) is 18.2 Å². The van der Waals surface area contributed by atoms with Crippen LogP contribution < -0.4 is 5.32 Å². The van der Waals surface area contributed by atoms with Crippen molar-refractivity contribution in [2.24, 2.45) is 10.2 Å². The molecular weight excluding hydrogens is 388 g/mol. The molecule has 0 aliphatic carbocycles. The summed E-state index contributed by atoms with van der Waals surface area (Å²) in [5.41, 5.74) is 2.05. The van der Waals surface area contributed by atoms with Crippen LogP contribution in [0.2, 0.25) is 0 Å². The topological polar surface area (TPSA) is 143 Å². The molecular formula is C17H20N4O6S. The number of non-ortho nitro benzene ring substituents is 1. The van der Waals surface area contributed by atoms with Gasteiger partial charge in [-0.25, -0.2) is 0 Å². The third-order valence-corrected chi connectivity index (χ3v) is 3.99. The van der Waals surface area contributed by atoms with Crippen LogP contribution in [0, 0.1) is 10.1 Å². The normalized spacial score (nSPS) is 11.6. The van der Waals surface area contributed by atoms with Crippen LogP contribution >= 0.6 is 0 Å². The second kappa shape index (κ2) is 9.88. The molecule has 2 aromatic rings. The van der Waals surface area contributed by atoms with E-state index in [-0.39, 0.29) is 12.3 Å². The summed E-state index contributed by atoms with van der Waals surface area (Å²) in [6.07, 6.45) is 0.834. The van der Waals surface area contributed by atoms with Gasteiger partial charge in [0.05, 0.1) is 22.9 Å². The molecule has 2 N–H and O–H groups in total. The number of anilines is 1. The maximum atomic E-state index is 10.9. The van der Waals surface area contributed by atoms with Crippen molar-refractivity contribution in [1.29, 1.82) is 0 Å². The first-order valence-corrected chi connectivity index (χ1v) is 9.95. The van der Waals surface area contributed by atoms with Crippen molar-refractivity contribution < 1.29 is 22.6 Å². The second-order valence-electron chi connectivity index (χ2n) is 5.77. The quantitative estimate of drug-likeness (QED) is 0.197. The first-order chi connectivity index (χ1) is 13.3. The highest BCUT2D eigenvalue weighted by molar-refractivity contribution is 7.85. The fourth-order valence-corrected chi connectivity index (χ4v) is 2.51. The first kappa shape index (κ1) is 21.4. The van der Waals surface area contributed by atoms with Gasteiger partial charge < -0.3 is 10.1 Å². The van der Waals surface area contributed by atoms with Gasteiger partial charge in [0, 0.05) is 30.0 Å². The van der Waals surface area contributed by atoms with E-state index >= 15 is 0 Å². The second-order valence-corrected chi connectivity index (χ2v) is 7.23. The van der Waals surface area contributed by atoms with Gasteiger partial charge in [0.15, 0.2) is 0 Å². The van der Waals surface area contributed by atoms with Crippen molar-refractivity contribution in [2.45, 2.75) is 20.0 Å². The van der Waals surface area contributed by atoms with Crippen molar-refractivity contribution in [3.05, 3.63) is 58.1 Å². The Morgan fingerprint density at radius 3 is 2.50 bits per heavy atom. The maximum absolute atomic E-state index is 10.9. The van der Waals surface area contributed by atoms with Gasteiger partial charge >= 0.3 is 0 Å². The summed E-state index contributed by atoms with van der Waals surface area (Å²) in [5, 5.41) is 21.5. The summed E-state index contributed by atoms with van der Waals surface area (Å²) in [6, 6.07) is 10.5. The summed E-state index contributed by atoms with van der Waals surface area (Å²) >= 11 is 0. The van der Waals surface area contributed by atoms with Gasteiger partial charge in [-0.3, -0.25) is 14.7 Å². The molecule has 10 nitrogen and oxygen atoms in total. The van der Waals surface area contributed by atoms with Crippen LogP contribution in [0.4, 0.5) is 22.7 Å². The predicted octanol–water partition coefficient (Wildman–Crippen LogP) is 4.19. The lowest BCUT2D eigenvalue weighted by atomic mass is 10.1. The summed E-state index contributed by atoms with van der Waals surface area (Å²) in [6.45, 7) is 2.75. The van der Waals surface area contributed by atoms with Gasteiger partial charge in [-0.1, -0.05) is 6.92 Å². The minimum absolute atomic E-state index is 0.0399. The molecule has 2 aromatic carbocycles. The predicted molar refractivity (Wildman–Crippen MR) is 104 cm³/mol. The smallest absolute Gasteiger partial charge is 0.283 e. The summed E-state index contributed by atoms with van der Waals surface area (Å²) in [7, 11) is -4.15. The van der Waals surface area contributed by atoms with Gasteiger partial charge in [0.25, 0.3) is 15.8 Å². The highest BCUT2D eigenvalue weighted by Crippen LogP contribution is 2.27. The molecule has 0 radical (unpaired) electrons. The number of benzene rings is 2. The lowest BCUT2D eigenvalue weighted by molar-refractivity contribution is -0.384. The lowest BCUT2D eigenvalue weighted by Gasteiger charge is -2.10. The number of nitrogens with zero attached hydrogens (tertiary/aromatic N) is 3. The number of nitro benzene ring substituents is 1. The number of azo groups is 1. The zero-order valence-corrected chi connectivity index (χ0v) is 15.9. The molecule has 0 amide bonds. The summed E-state index contributed by atoms with van der Waals surface area (Å²) in [5.74, 6) is -0.619. The minimum atomic E-state index is -4.15. The Bertz CT molecular complexity index is 945. The number of nitro groups is 1. The molecule has 0 spiro atoms. The van der Waals surface area contributed by atoms with Crippen molar-refractivity contribution in [3.63, 3.8) is 0 Å². The van der Waals surface area contributed by atoms with Crippen LogP contribution in [0.3, 0.4) is 0 Å². The Labute approximate surface area is 162 Å². The summed E-state index contributed by atoms with van der Waals surface area (Å²) in [4.78, 5) is 10.2. The van der Waals surface area contributed by atoms with Gasteiger partial charge in [-0.05, 0) is 36.8 Å². The number of ether oxygens (including phenoxy) is 1.